The number of nitrogens with two attached hydrogens (primary N) is 1. The number of hydrogen-bond acceptors (Lipinski definition) is 10. The second kappa shape index (κ2) is 17.2. The van der Waals surface area contributed by atoms with Gasteiger partial charge in [-0.15, -0.1) is 0 Å². The molecule has 0 aliphatic heterocycles. The predicted molar refractivity (Wildman–Crippen MR) is 196 cm³/mol. The van der Waals surface area contributed by atoms with Crippen molar-refractivity contribution in [3.8, 4) is 17.2 Å². The van der Waals surface area contributed by atoms with Crippen LogP contribution in [0.4, 0.5) is 22.4 Å². The first-order chi connectivity index (χ1) is 24.6. The highest BCUT2D eigenvalue weighted by atomic mass is 32.2. The number of amides is 2. The Bertz CT molecular complexity index is 2050. The third-order valence-corrected chi connectivity index (χ3v) is 9.05. The molecule has 0 saturated heterocycles. The molecule has 0 spiro atoms. The summed E-state index contributed by atoms with van der Waals surface area (Å²) in [7, 11) is -1.94. The number of hydrogen-bond donors (Lipinski definition) is 4. The van der Waals surface area contributed by atoms with Crippen LogP contribution >= 0.6 is 0 Å². The minimum absolute atomic E-state index is 0.00307. The standard InChI is InChI=1S/C36H41N11O3S/c1-3-8-31(44-35-41-23-29(19-37)34(45-35)40-20-27-12-15-32(16-13-27)51(38,49)50)11-7-18-47(36(48)42-21-26-9-5-4-6-10-26)33-17-14-28(22-39-33)30-24-43-46(2)25-30/h4-6,9-10,12-17,22-25,31H,3,7-8,11,18,20-21H2,1-2H3,(H,42,48)(H2,38,49,50)(H2,40,41,44,45)/t31-/m0/s1. The molecule has 0 bridgehead atoms. The normalized spacial score (nSPS) is 11.7. The van der Waals surface area contributed by atoms with Crippen LogP contribution in [0.2, 0.25) is 0 Å². The number of benzene rings is 2. The van der Waals surface area contributed by atoms with E-state index in [9.17, 15) is 18.5 Å². The monoisotopic (exact) mass is 707 g/mol. The lowest BCUT2D eigenvalue weighted by molar-refractivity contribution is 0.245. The summed E-state index contributed by atoms with van der Waals surface area (Å²) < 4.78 is 24.9. The Morgan fingerprint density at radius 2 is 1.73 bits per heavy atom. The van der Waals surface area contributed by atoms with Crippen LogP contribution in [0.5, 0.6) is 0 Å². The largest absolute Gasteiger partial charge is 0.365 e. The van der Waals surface area contributed by atoms with Crippen LogP contribution in [-0.4, -0.2) is 51.8 Å². The zero-order valence-corrected chi connectivity index (χ0v) is 29.3. The van der Waals surface area contributed by atoms with Gasteiger partial charge in [0.05, 0.1) is 17.3 Å². The molecule has 5 N–H and O–H groups in total. The van der Waals surface area contributed by atoms with Gasteiger partial charge in [0.15, 0.2) is 0 Å². The number of nitriles is 1. The lowest BCUT2D eigenvalue weighted by atomic mass is 10.1. The van der Waals surface area contributed by atoms with E-state index in [2.05, 4.69) is 49.0 Å². The topological polar surface area (TPSA) is 197 Å². The molecule has 1 atom stereocenters. The van der Waals surface area contributed by atoms with Crippen LogP contribution in [0.25, 0.3) is 11.1 Å². The number of carbonyl (C=O) groups is 1. The minimum atomic E-state index is -3.79. The van der Waals surface area contributed by atoms with Gasteiger partial charge >= 0.3 is 6.03 Å². The Kier molecular flexibility index (Phi) is 12.3. The van der Waals surface area contributed by atoms with E-state index in [0.717, 1.165) is 35.1 Å². The van der Waals surface area contributed by atoms with Gasteiger partial charge in [-0.2, -0.15) is 15.3 Å². The Hall–Kier alpha value is -5.85. The van der Waals surface area contributed by atoms with Crippen molar-refractivity contribution in [1.29, 1.82) is 5.26 Å². The van der Waals surface area contributed by atoms with Gasteiger partial charge in [-0.3, -0.25) is 9.58 Å². The lowest BCUT2D eigenvalue weighted by Crippen LogP contribution is -2.41. The summed E-state index contributed by atoms with van der Waals surface area (Å²) in [4.78, 5) is 28.8. The first kappa shape index (κ1) is 36.4. The number of aryl methyl sites for hydroxylation is 1. The summed E-state index contributed by atoms with van der Waals surface area (Å²) >= 11 is 0. The summed E-state index contributed by atoms with van der Waals surface area (Å²) in [6.45, 7) is 3.21. The van der Waals surface area contributed by atoms with Crippen molar-refractivity contribution < 1.29 is 13.2 Å². The van der Waals surface area contributed by atoms with Gasteiger partial charge < -0.3 is 16.0 Å². The molecule has 0 saturated carbocycles. The maximum atomic E-state index is 13.6. The Balaban J connectivity index is 1.25. The molecule has 2 aromatic carbocycles. The van der Waals surface area contributed by atoms with Crippen molar-refractivity contribution in [1.82, 2.24) is 30.0 Å². The van der Waals surface area contributed by atoms with Gasteiger partial charge in [-0.05, 0) is 54.7 Å². The van der Waals surface area contributed by atoms with Gasteiger partial charge in [-0.25, -0.2) is 28.3 Å². The number of urea groups is 1. The van der Waals surface area contributed by atoms with Crippen molar-refractivity contribution in [2.75, 3.05) is 22.1 Å². The predicted octanol–water partition coefficient (Wildman–Crippen LogP) is 5.18. The quantitative estimate of drug-likeness (QED) is 0.106. The van der Waals surface area contributed by atoms with E-state index < -0.39 is 10.0 Å². The van der Waals surface area contributed by atoms with Gasteiger partial charge in [0, 0.05) is 56.2 Å². The zero-order chi connectivity index (χ0) is 36.2. The first-order valence-electron chi connectivity index (χ1n) is 16.6. The molecule has 15 heteroatoms. The minimum Gasteiger partial charge on any atom is -0.365 e. The van der Waals surface area contributed by atoms with Crippen molar-refractivity contribution >= 4 is 33.6 Å². The number of nitrogens with one attached hydrogen (secondary N) is 3. The third-order valence-electron chi connectivity index (χ3n) is 8.12. The van der Waals surface area contributed by atoms with E-state index in [4.69, 9.17) is 5.14 Å². The van der Waals surface area contributed by atoms with Crippen molar-refractivity contribution in [2.45, 2.75) is 56.6 Å². The zero-order valence-electron chi connectivity index (χ0n) is 28.5. The summed E-state index contributed by atoms with van der Waals surface area (Å²) in [6, 6.07) is 21.5. The molecular weight excluding hydrogens is 667 g/mol. The molecule has 0 fully saturated rings. The molecule has 3 aromatic heterocycles. The fraction of sp³-hybridized carbons (Fsp3) is 0.278. The van der Waals surface area contributed by atoms with Gasteiger partial charge in [0.25, 0.3) is 0 Å². The number of anilines is 3. The SMILES string of the molecule is CCC[C@@H](CCCN(C(=O)NCc1ccccc1)c1ccc(-c2cnn(C)c2)cn1)Nc1ncc(C#N)c(NCc2ccc(S(N)(=O)=O)cc2)n1. The molecule has 5 aromatic rings. The third kappa shape index (κ3) is 10.3. The van der Waals surface area contributed by atoms with E-state index in [-0.39, 0.29) is 22.5 Å². The summed E-state index contributed by atoms with van der Waals surface area (Å²) in [5.74, 6) is 1.26. The number of nitrogens with zero attached hydrogens (tertiary/aromatic N) is 7. The second-order valence-corrected chi connectivity index (χ2v) is 13.5. The summed E-state index contributed by atoms with van der Waals surface area (Å²) in [5, 5.41) is 28.7. The van der Waals surface area contributed by atoms with Crippen molar-refractivity contribution in [3.05, 3.63) is 108 Å². The van der Waals surface area contributed by atoms with Gasteiger partial charge in [0.2, 0.25) is 16.0 Å². The number of aromatic nitrogens is 5. The molecule has 0 radical (unpaired) electrons. The highest BCUT2D eigenvalue weighted by molar-refractivity contribution is 7.89. The van der Waals surface area contributed by atoms with Crippen LogP contribution in [0.3, 0.4) is 0 Å². The van der Waals surface area contributed by atoms with Crippen LogP contribution < -0.4 is 26.0 Å². The summed E-state index contributed by atoms with van der Waals surface area (Å²) in [5.41, 5.74) is 3.89. The van der Waals surface area contributed by atoms with Gasteiger partial charge in [-0.1, -0.05) is 55.8 Å². The fourth-order valence-electron chi connectivity index (χ4n) is 5.44. The highest BCUT2D eigenvalue weighted by Crippen LogP contribution is 2.22. The molecular formula is C36H41N11O3S. The lowest BCUT2D eigenvalue weighted by Gasteiger charge is -2.24. The van der Waals surface area contributed by atoms with Gasteiger partial charge in [0.1, 0.15) is 23.3 Å². The van der Waals surface area contributed by atoms with E-state index in [1.807, 2.05) is 55.7 Å². The highest BCUT2D eigenvalue weighted by Gasteiger charge is 2.19. The number of sulfonamides is 1. The molecule has 0 unspecified atom stereocenters. The van der Waals surface area contributed by atoms with E-state index in [0.29, 0.717) is 50.1 Å². The van der Waals surface area contributed by atoms with Crippen molar-refractivity contribution in [3.63, 3.8) is 0 Å². The number of rotatable bonds is 16. The number of primary sulfonamides is 1. The molecule has 0 aliphatic rings. The molecule has 14 nitrogen and oxygen atoms in total. The maximum absolute atomic E-state index is 13.6. The van der Waals surface area contributed by atoms with Crippen LogP contribution in [-0.2, 0) is 30.2 Å². The molecule has 0 aliphatic carbocycles. The maximum Gasteiger partial charge on any atom is 0.323 e. The Morgan fingerprint density at radius 3 is 2.37 bits per heavy atom. The molecule has 2 amide bonds. The van der Waals surface area contributed by atoms with E-state index in [1.165, 1.54) is 18.3 Å². The van der Waals surface area contributed by atoms with Crippen LogP contribution in [0.1, 0.15) is 49.3 Å². The first-order valence-corrected chi connectivity index (χ1v) is 18.1. The number of pyridine rings is 1. The molecule has 51 heavy (non-hydrogen) atoms. The average molecular weight is 708 g/mol. The van der Waals surface area contributed by atoms with E-state index >= 15 is 0 Å². The van der Waals surface area contributed by atoms with E-state index in [1.54, 1.807) is 34.1 Å². The fourth-order valence-corrected chi connectivity index (χ4v) is 5.96. The molecule has 264 valence electrons. The second-order valence-electron chi connectivity index (χ2n) is 12.0. The smallest absolute Gasteiger partial charge is 0.323 e. The Labute approximate surface area is 297 Å². The Morgan fingerprint density at radius 1 is 0.961 bits per heavy atom. The average Bonchev–Trinajstić information content (AvgIpc) is 3.58. The summed E-state index contributed by atoms with van der Waals surface area (Å²) in [6.07, 6.45) is 10.0. The van der Waals surface area contributed by atoms with Crippen molar-refractivity contribution in [2.24, 2.45) is 12.2 Å². The molecule has 3 heterocycles. The number of carbonyl (C=O) groups excluding carboxylic acids is 1. The van der Waals surface area contributed by atoms with Crippen LogP contribution in [0, 0.1) is 11.3 Å². The molecule has 5 rings (SSSR count). The van der Waals surface area contributed by atoms with Crippen LogP contribution in [0.15, 0.2) is 96.4 Å².